The summed E-state index contributed by atoms with van der Waals surface area (Å²) >= 11 is 0. The average Bonchev–Trinajstić information content (AvgIpc) is 2.91. The maximum absolute atomic E-state index is 11.6. The highest BCUT2D eigenvalue weighted by atomic mass is 31.2. The van der Waals surface area contributed by atoms with Gasteiger partial charge in [-0.15, -0.1) is 0 Å². The van der Waals surface area contributed by atoms with E-state index in [0.29, 0.717) is 12.4 Å². The molecule has 0 aliphatic rings. The molecule has 1 aromatic heterocycles. The topological polar surface area (TPSA) is 111 Å². The molecule has 1 unspecified atom stereocenters. The van der Waals surface area contributed by atoms with E-state index in [-0.39, 0.29) is 18.9 Å². The summed E-state index contributed by atoms with van der Waals surface area (Å²) in [4.78, 5) is 13.5. The van der Waals surface area contributed by atoms with E-state index in [9.17, 15) is 9.46 Å². The van der Waals surface area contributed by atoms with Crippen molar-refractivity contribution in [3.63, 3.8) is 0 Å². The fraction of sp³-hybridized carbons (Fsp3) is 0.786. The number of ether oxygens (including phenoxy) is 2. The number of hydrogen-bond acceptors (Lipinski definition) is 7. The van der Waals surface area contributed by atoms with E-state index in [0.717, 1.165) is 20.0 Å². The van der Waals surface area contributed by atoms with E-state index in [2.05, 4.69) is 16.4 Å². The van der Waals surface area contributed by atoms with Crippen molar-refractivity contribution in [1.29, 1.82) is 5.26 Å². The van der Waals surface area contributed by atoms with Gasteiger partial charge in [-0.05, 0) is 18.6 Å². The first-order valence-electron chi connectivity index (χ1n) is 14.1. The van der Waals surface area contributed by atoms with Crippen LogP contribution in [0.3, 0.4) is 0 Å². The molecule has 0 saturated heterocycles. The maximum atomic E-state index is 11.6. The predicted octanol–water partition coefficient (Wildman–Crippen LogP) is 7.74. The van der Waals surface area contributed by atoms with Gasteiger partial charge in [-0.2, -0.15) is 5.26 Å². The third kappa shape index (κ3) is 19.3. The normalized spacial score (nSPS) is 13.7. The van der Waals surface area contributed by atoms with Crippen molar-refractivity contribution >= 4 is 7.82 Å². The minimum absolute atomic E-state index is 0.180. The van der Waals surface area contributed by atoms with E-state index in [4.69, 9.17) is 19.3 Å². The van der Waals surface area contributed by atoms with Crippen LogP contribution in [0.4, 0.5) is 0 Å². The molecule has 0 spiro atoms. The summed E-state index contributed by atoms with van der Waals surface area (Å²) in [6.07, 6.45) is 21.9. The Morgan fingerprint density at radius 1 is 0.892 bits per heavy atom. The Morgan fingerprint density at radius 3 is 1.89 bits per heavy atom. The van der Waals surface area contributed by atoms with Gasteiger partial charge in [0.05, 0.1) is 19.4 Å². The summed E-state index contributed by atoms with van der Waals surface area (Å²) in [5.74, 6) is 0.420. The van der Waals surface area contributed by atoms with Crippen LogP contribution >= 0.6 is 7.82 Å². The molecule has 37 heavy (non-hydrogen) atoms. The fourth-order valence-electron chi connectivity index (χ4n) is 4.02. The van der Waals surface area contributed by atoms with Crippen LogP contribution in [0.1, 0.15) is 115 Å². The van der Waals surface area contributed by atoms with Crippen LogP contribution in [0.2, 0.25) is 0 Å². The average molecular weight is 541 g/mol. The first-order valence-corrected chi connectivity index (χ1v) is 15.6. The Morgan fingerprint density at radius 2 is 1.43 bits per heavy atom. The lowest BCUT2D eigenvalue weighted by atomic mass is 10.0. The van der Waals surface area contributed by atoms with Gasteiger partial charge in [0.25, 0.3) is 0 Å². The first kappa shape index (κ1) is 33.5. The summed E-state index contributed by atoms with van der Waals surface area (Å²) in [6.45, 7) is 2.87. The number of rotatable bonds is 25. The van der Waals surface area contributed by atoms with Gasteiger partial charge in [-0.3, -0.25) is 9.05 Å². The van der Waals surface area contributed by atoms with Crippen LogP contribution in [0.25, 0.3) is 0 Å². The van der Waals surface area contributed by atoms with E-state index < -0.39 is 13.9 Å². The SMILES string of the molecule is CCCCCCCCCCCCCCCCCCOC[C@@H](COP(=O)(O)OC)Oc1ccc(C#N)nc1. The smallest absolute Gasteiger partial charge is 0.472 e. The zero-order valence-electron chi connectivity index (χ0n) is 23.1. The second kappa shape index (κ2) is 22.5. The van der Waals surface area contributed by atoms with Gasteiger partial charge in [-0.1, -0.05) is 103 Å². The van der Waals surface area contributed by atoms with Crippen LogP contribution in [0.15, 0.2) is 18.3 Å². The maximum Gasteiger partial charge on any atom is 0.472 e. The summed E-state index contributed by atoms with van der Waals surface area (Å²) in [7, 11) is -3.01. The van der Waals surface area contributed by atoms with Crippen molar-refractivity contribution < 1.29 is 28.0 Å². The van der Waals surface area contributed by atoms with Gasteiger partial charge in [0, 0.05) is 13.7 Å². The highest BCUT2D eigenvalue weighted by Gasteiger charge is 2.22. The largest absolute Gasteiger partial charge is 0.484 e. The van der Waals surface area contributed by atoms with Gasteiger partial charge < -0.3 is 14.4 Å². The van der Waals surface area contributed by atoms with Crippen molar-refractivity contribution in [2.24, 2.45) is 0 Å². The van der Waals surface area contributed by atoms with Gasteiger partial charge in [-0.25, -0.2) is 9.55 Å². The number of pyridine rings is 1. The molecule has 2 atom stereocenters. The summed E-state index contributed by atoms with van der Waals surface area (Å²) < 4.78 is 32.6. The van der Waals surface area contributed by atoms with Crippen LogP contribution in [0.5, 0.6) is 5.75 Å². The lowest BCUT2D eigenvalue weighted by Gasteiger charge is -2.20. The molecule has 8 nitrogen and oxygen atoms in total. The van der Waals surface area contributed by atoms with Crippen molar-refractivity contribution in [2.75, 3.05) is 26.9 Å². The molecule has 1 heterocycles. The van der Waals surface area contributed by atoms with Crippen LogP contribution in [-0.4, -0.2) is 42.9 Å². The lowest BCUT2D eigenvalue weighted by Crippen LogP contribution is -2.28. The molecule has 1 rings (SSSR count). The highest BCUT2D eigenvalue weighted by Crippen LogP contribution is 2.42. The summed E-state index contributed by atoms with van der Waals surface area (Å²) in [5, 5.41) is 8.87. The number of nitriles is 1. The number of unbranched alkanes of at least 4 members (excludes halogenated alkanes) is 15. The molecular weight excluding hydrogens is 491 g/mol. The van der Waals surface area contributed by atoms with E-state index in [1.165, 1.54) is 102 Å². The Balaban J connectivity index is 2.07. The van der Waals surface area contributed by atoms with E-state index >= 15 is 0 Å². The van der Waals surface area contributed by atoms with Gasteiger partial charge in [0.2, 0.25) is 0 Å². The Hall–Kier alpha value is -1.49. The molecule has 212 valence electrons. The summed E-state index contributed by atoms with van der Waals surface area (Å²) in [5.41, 5.74) is 0.277. The van der Waals surface area contributed by atoms with E-state index in [1.807, 2.05) is 6.07 Å². The molecule has 0 saturated carbocycles. The van der Waals surface area contributed by atoms with Crippen molar-refractivity contribution in [1.82, 2.24) is 4.98 Å². The molecule has 0 aliphatic carbocycles. The molecule has 1 aromatic rings. The van der Waals surface area contributed by atoms with Crippen molar-refractivity contribution in [2.45, 2.75) is 116 Å². The third-order valence-corrected chi connectivity index (χ3v) is 7.19. The molecular formula is C28H49N2O6P. The minimum atomic E-state index is -4.12. The monoisotopic (exact) mass is 540 g/mol. The Kier molecular flexibility index (Phi) is 20.4. The van der Waals surface area contributed by atoms with Crippen LogP contribution in [-0.2, 0) is 18.3 Å². The minimum Gasteiger partial charge on any atom is -0.484 e. The lowest BCUT2D eigenvalue weighted by molar-refractivity contribution is 0.0163. The van der Waals surface area contributed by atoms with Crippen LogP contribution in [0, 0.1) is 11.3 Å². The Labute approximate surface area is 224 Å². The molecule has 0 aromatic carbocycles. The molecule has 0 amide bonds. The third-order valence-electron chi connectivity index (χ3n) is 6.25. The van der Waals surface area contributed by atoms with Crippen molar-refractivity contribution in [3.05, 3.63) is 24.0 Å². The van der Waals surface area contributed by atoms with E-state index in [1.54, 1.807) is 6.07 Å². The summed E-state index contributed by atoms with van der Waals surface area (Å²) in [6, 6.07) is 5.10. The molecule has 0 bridgehead atoms. The zero-order chi connectivity index (χ0) is 27.0. The molecule has 1 N–H and O–H groups in total. The predicted molar refractivity (Wildman–Crippen MR) is 147 cm³/mol. The standard InChI is InChI=1S/C28H49N2O6P/c1-3-4-5-6-7-8-9-10-11-12-13-14-15-16-17-18-21-34-24-28(25-35-37(31,32)33-2)36-27-20-19-26(22-29)30-23-27/h19-20,23,28H,3-18,21,24-25H2,1-2H3,(H,31,32)/t28-/m0/s1. The quantitative estimate of drug-likeness (QED) is 0.0990. The number of nitrogens with zero attached hydrogens (tertiary/aromatic N) is 2. The number of phosphoric acid groups is 1. The molecule has 0 fully saturated rings. The number of phosphoric ester groups is 1. The second-order valence-electron chi connectivity index (χ2n) is 9.56. The van der Waals surface area contributed by atoms with Crippen LogP contribution < -0.4 is 4.74 Å². The zero-order valence-corrected chi connectivity index (χ0v) is 24.0. The Bertz CT molecular complexity index is 756. The highest BCUT2D eigenvalue weighted by molar-refractivity contribution is 7.47. The van der Waals surface area contributed by atoms with Crippen molar-refractivity contribution in [3.8, 4) is 11.8 Å². The number of aromatic nitrogens is 1. The van der Waals surface area contributed by atoms with Gasteiger partial charge >= 0.3 is 7.82 Å². The molecule has 9 heteroatoms. The number of hydrogen-bond donors (Lipinski definition) is 1. The molecule has 0 radical (unpaired) electrons. The fourth-order valence-corrected chi connectivity index (χ4v) is 4.48. The first-order chi connectivity index (χ1) is 18.0. The molecule has 0 aliphatic heterocycles. The van der Waals surface area contributed by atoms with Gasteiger partial charge in [0.15, 0.2) is 0 Å². The second-order valence-corrected chi connectivity index (χ2v) is 11.1. The van der Waals surface area contributed by atoms with Gasteiger partial charge in [0.1, 0.15) is 23.6 Å².